The van der Waals surface area contributed by atoms with Gasteiger partial charge in [0.25, 0.3) is 11.8 Å². The van der Waals surface area contributed by atoms with Gasteiger partial charge in [0.2, 0.25) is 0 Å². The number of benzene rings is 3. The highest BCUT2D eigenvalue weighted by Crippen LogP contribution is 2.30. The highest BCUT2D eigenvalue weighted by molar-refractivity contribution is 6.30. The van der Waals surface area contributed by atoms with Crippen LogP contribution in [-0.2, 0) is 0 Å². The molecule has 1 N–H and O–H groups in total. The zero-order valence-electron chi connectivity index (χ0n) is 20.3. The van der Waals surface area contributed by atoms with E-state index in [-0.39, 0.29) is 18.4 Å². The van der Waals surface area contributed by atoms with Gasteiger partial charge in [-0.3, -0.25) is 24.3 Å². The fraction of sp³-hybridized carbons (Fsp3) is 0.357. The van der Waals surface area contributed by atoms with Gasteiger partial charge in [-0.05, 0) is 48.2 Å². The predicted molar refractivity (Wildman–Crippen MR) is 140 cm³/mol. The lowest BCUT2D eigenvalue weighted by Crippen LogP contribution is -2.51. The molecule has 2 aliphatic rings. The maximum atomic E-state index is 13.1. The maximum Gasteiger partial charge on any atom is 0.261 e. The van der Waals surface area contributed by atoms with Crippen molar-refractivity contribution in [3.05, 3.63) is 76.3 Å². The van der Waals surface area contributed by atoms with Crippen LogP contribution in [0.1, 0.15) is 26.3 Å². The highest BCUT2D eigenvalue weighted by Gasteiger charge is 2.33. The van der Waals surface area contributed by atoms with E-state index in [4.69, 9.17) is 16.3 Å². The van der Waals surface area contributed by atoms with Crippen molar-refractivity contribution < 1.29 is 19.4 Å². The summed E-state index contributed by atoms with van der Waals surface area (Å²) in [7, 11) is 0. The largest absolute Gasteiger partial charge is 0.491 e. The van der Waals surface area contributed by atoms with Crippen molar-refractivity contribution in [2.75, 3.05) is 52.4 Å². The number of piperazine rings is 1. The normalized spacial score (nSPS) is 17.6. The molecule has 2 amide bonds. The summed E-state index contributed by atoms with van der Waals surface area (Å²) in [5.41, 5.74) is 2.13. The number of carbonyl (C=O) groups excluding carboxylic acids is 2. The molecular formula is C28H30ClN3O4. The molecule has 1 fully saturated rings. The van der Waals surface area contributed by atoms with E-state index in [2.05, 4.69) is 9.80 Å². The third kappa shape index (κ3) is 5.11. The summed E-state index contributed by atoms with van der Waals surface area (Å²) in [6.07, 6.45) is -0.599. The minimum absolute atomic E-state index is 0.218. The monoisotopic (exact) mass is 507 g/mol. The Bertz CT molecular complexity index is 1240. The van der Waals surface area contributed by atoms with Crippen LogP contribution < -0.4 is 4.74 Å². The molecule has 0 bridgehead atoms. The average Bonchev–Trinajstić information content (AvgIpc) is 2.87. The first-order valence-corrected chi connectivity index (χ1v) is 12.7. The summed E-state index contributed by atoms with van der Waals surface area (Å²) in [4.78, 5) is 32.0. The minimum atomic E-state index is -0.599. The smallest absolute Gasteiger partial charge is 0.261 e. The molecule has 5 rings (SSSR count). The second-order valence-electron chi connectivity index (χ2n) is 9.49. The predicted octanol–water partition coefficient (Wildman–Crippen LogP) is 3.46. The molecule has 1 unspecified atom stereocenters. The second-order valence-corrected chi connectivity index (χ2v) is 9.92. The Morgan fingerprint density at radius 1 is 0.917 bits per heavy atom. The van der Waals surface area contributed by atoms with Crippen molar-refractivity contribution in [1.82, 2.24) is 14.7 Å². The van der Waals surface area contributed by atoms with Crippen molar-refractivity contribution in [1.29, 1.82) is 0 Å². The number of ether oxygens (including phenoxy) is 1. The average molecular weight is 508 g/mol. The summed E-state index contributed by atoms with van der Waals surface area (Å²) in [6, 6.07) is 16.6. The number of aliphatic hydroxyl groups is 1. The van der Waals surface area contributed by atoms with Crippen LogP contribution in [0.5, 0.6) is 5.75 Å². The number of imide groups is 1. The molecule has 188 valence electrons. The van der Waals surface area contributed by atoms with Gasteiger partial charge in [0.05, 0.1) is 0 Å². The molecule has 7 nitrogen and oxygen atoms in total. The first-order valence-electron chi connectivity index (χ1n) is 12.3. The van der Waals surface area contributed by atoms with E-state index in [9.17, 15) is 14.7 Å². The van der Waals surface area contributed by atoms with Crippen molar-refractivity contribution in [2.45, 2.75) is 13.0 Å². The van der Waals surface area contributed by atoms with Crippen LogP contribution in [0.4, 0.5) is 0 Å². The quantitative estimate of drug-likeness (QED) is 0.471. The Balaban J connectivity index is 1.10. The van der Waals surface area contributed by atoms with E-state index in [0.29, 0.717) is 35.8 Å². The third-order valence-electron chi connectivity index (χ3n) is 7.00. The first kappa shape index (κ1) is 24.7. The molecule has 0 aromatic heterocycles. The van der Waals surface area contributed by atoms with Crippen LogP contribution in [0.2, 0.25) is 5.02 Å². The third-order valence-corrected chi connectivity index (χ3v) is 7.23. The molecule has 3 aromatic rings. The van der Waals surface area contributed by atoms with Gasteiger partial charge in [-0.1, -0.05) is 35.9 Å². The highest BCUT2D eigenvalue weighted by atomic mass is 35.5. The molecule has 2 heterocycles. The lowest BCUT2D eigenvalue weighted by molar-refractivity contribution is 0.0415. The number of aryl methyl sites for hydroxylation is 1. The van der Waals surface area contributed by atoms with Gasteiger partial charge in [0.1, 0.15) is 18.5 Å². The Labute approximate surface area is 215 Å². The molecule has 0 aliphatic carbocycles. The van der Waals surface area contributed by atoms with Gasteiger partial charge in [-0.15, -0.1) is 0 Å². The SMILES string of the molecule is Cc1cc(Cl)ccc1OCC(O)CN1CCN(CCN2C(=O)c3cccc4cccc(c34)C2=O)CC1. The number of halogens is 1. The topological polar surface area (TPSA) is 73.3 Å². The van der Waals surface area contributed by atoms with Crippen molar-refractivity contribution in [3.8, 4) is 5.75 Å². The van der Waals surface area contributed by atoms with Crippen molar-refractivity contribution in [3.63, 3.8) is 0 Å². The van der Waals surface area contributed by atoms with Crippen LogP contribution in [0.3, 0.4) is 0 Å². The summed E-state index contributed by atoms with van der Waals surface area (Å²) >= 11 is 5.99. The van der Waals surface area contributed by atoms with Gasteiger partial charge in [-0.25, -0.2) is 0 Å². The van der Waals surface area contributed by atoms with E-state index in [0.717, 1.165) is 48.3 Å². The Morgan fingerprint density at radius 2 is 1.56 bits per heavy atom. The summed E-state index contributed by atoms with van der Waals surface area (Å²) in [6.45, 7) is 6.91. The lowest BCUT2D eigenvalue weighted by Gasteiger charge is -2.36. The number of nitrogens with zero attached hydrogens (tertiary/aromatic N) is 3. The van der Waals surface area contributed by atoms with Gasteiger partial charge < -0.3 is 9.84 Å². The van der Waals surface area contributed by atoms with Crippen LogP contribution in [0.15, 0.2) is 54.6 Å². The summed E-state index contributed by atoms with van der Waals surface area (Å²) < 4.78 is 5.77. The van der Waals surface area contributed by atoms with Gasteiger partial charge in [0, 0.05) is 67.3 Å². The zero-order valence-corrected chi connectivity index (χ0v) is 21.1. The fourth-order valence-corrected chi connectivity index (χ4v) is 5.26. The summed E-state index contributed by atoms with van der Waals surface area (Å²) in [5, 5.41) is 12.8. The molecule has 8 heteroatoms. The first-order chi connectivity index (χ1) is 17.4. The molecule has 36 heavy (non-hydrogen) atoms. The molecule has 2 aliphatic heterocycles. The Morgan fingerprint density at radius 3 is 2.19 bits per heavy atom. The van der Waals surface area contributed by atoms with Gasteiger partial charge in [0.15, 0.2) is 0 Å². The maximum absolute atomic E-state index is 13.1. The molecule has 1 atom stereocenters. The number of hydrogen-bond acceptors (Lipinski definition) is 6. The second kappa shape index (κ2) is 10.6. The fourth-order valence-electron chi connectivity index (χ4n) is 5.03. The van der Waals surface area contributed by atoms with Crippen molar-refractivity contribution >= 4 is 34.2 Å². The van der Waals surface area contributed by atoms with Crippen LogP contribution in [0, 0.1) is 6.92 Å². The number of aliphatic hydroxyl groups excluding tert-OH is 1. The van der Waals surface area contributed by atoms with E-state index in [1.165, 1.54) is 4.90 Å². The molecule has 0 radical (unpaired) electrons. The van der Waals surface area contributed by atoms with Gasteiger partial charge in [-0.2, -0.15) is 0 Å². The molecule has 1 saturated heterocycles. The van der Waals surface area contributed by atoms with Crippen LogP contribution in [0.25, 0.3) is 10.8 Å². The van der Waals surface area contributed by atoms with E-state index < -0.39 is 6.10 Å². The number of hydrogen-bond donors (Lipinski definition) is 1. The molecule has 3 aromatic carbocycles. The Hall–Kier alpha value is -2.97. The number of amides is 2. The van der Waals surface area contributed by atoms with E-state index in [1.807, 2.05) is 43.3 Å². The van der Waals surface area contributed by atoms with E-state index in [1.54, 1.807) is 18.2 Å². The van der Waals surface area contributed by atoms with Crippen molar-refractivity contribution in [2.24, 2.45) is 0 Å². The van der Waals surface area contributed by atoms with Crippen LogP contribution in [-0.4, -0.2) is 90.1 Å². The number of β-amino-alcohol motifs (C(OH)–C–C–N with tert-alkyl or cyclic N) is 1. The molecule has 0 saturated carbocycles. The Kier molecular flexibility index (Phi) is 7.25. The molecular weight excluding hydrogens is 478 g/mol. The molecule has 0 spiro atoms. The van der Waals surface area contributed by atoms with Crippen LogP contribution >= 0.6 is 11.6 Å². The number of rotatable bonds is 8. The zero-order chi connectivity index (χ0) is 25.2. The van der Waals surface area contributed by atoms with Gasteiger partial charge >= 0.3 is 0 Å². The van der Waals surface area contributed by atoms with E-state index >= 15 is 0 Å². The summed E-state index contributed by atoms with van der Waals surface area (Å²) in [5.74, 6) is 0.285. The minimum Gasteiger partial charge on any atom is -0.491 e. The lowest BCUT2D eigenvalue weighted by atomic mass is 9.94. The number of carbonyl (C=O) groups is 2. The standard InChI is InChI=1S/C28H30ClN3O4/c1-19-16-21(29)8-9-25(19)36-18-22(33)17-31-12-10-30(11-13-31)14-15-32-27(34)23-6-2-4-20-5-3-7-24(26(20)23)28(32)35/h2-9,16,22,33H,10-15,17-18H2,1H3.